The molecule has 2 aliphatic carbocycles. The molecule has 1 spiro atoms. The lowest BCUT2D eigenvalue weighted by Gasteiger charge is -2.41. The lowest BCUT2D eigenvalue weighted by molar-refractivity contribution is -0.136. The number of hydrogen-bond donors (Lipinski definition) is 0. The van der Waals surface area contributed by atoms with Crippen LogP contribution in [0.1, 0.15) is 56.9 Å². The summed E-state index contributed by atoms with van der Waals surface area (Å²) in [6.07, 6.45) is 13.2. The van der Waals surface area contributed by atoms with Crippen LogP contribution in [0.3, 0.4) is 0 Å². The Morgan fingerprint density at radius 3 is 2.21 bits per heavy atom. The van der Waals surface area contributed by atoms with Crippen molar-refractivity contribution in [1.82, 2.24) is 14.7 Å². The lowest BCUT2D eigenvalue weighted by Crippen LogP contribution is -2.53. The van der Waals surface area contributed by atoms with Crippen molar-refractivity contribution in [3.63, 3.8) is 0 Å². The second-order valence-electron chi connectivity index (χ2n) is 10.5. The fourth-order valence-corrected chi connectivity index (χ4v) is 6.37. The van der Waals surface area contributed by atoms with E-state index in [2.05, 4.69) is 9.80 Å². The van der Waals surface area contributed by atoms with Crippen LogP contribution in [-0.4, -0.2) is 71.8 Å². The summed E-state index contributed by atoms with van der Waals surface area (Å²) in [6, 6.07) is 8.23. The maximum atomic E-state index is 13.2. The van der Waals surface area contributed by atoms with Crippen molar-refractivity contribution in [3.05, 3.63) is 40.9 Å². The summed E-state index contributed by atoms with van der Waals surface area (Å²) >= 11 is 5.92. The van der Waals surface area contributed by atoms with Crippen LogP contribution in [0, 0.1) is 11.3 Å². The highest BCUT2D eigenvalue weighted by atomic mass is 35.5. The van der Waals surface area contributed by atoms with E-state index in [1.54, 1.807) is 6.08 Å². The number of carbonyl (C=O) groups is 2. The Labute approximate surface area is 202 Å². The zero-order valence-electron chi connectivity index (χ0n) is 19.6. The molecule has 5 nitrogen and oxygen atoms in total. The van der Waals surface area contributed by atoms with E-state index in [0.717, 1.165) is 70.1 Å². The third-order valence-electron chi connectivity index (χ3n) is 8.56. The van der Waals surface area contributed by atoms with Crippen LogP contribution in [-0.2, 0) is 9.59 Å². The highest BCUT2D eigenvalue weighted by Crippen LogP contribution is 2.60. The first-order chi connectivity index (χ1) is 16.0. The van der Waals surface area contributed by atoms with Crippen molar-refractivity contribution >= 4 is 29.5 Å². The second kappa shape index (κ2) is 9.79. The number of benzene rings is 1. The highest BCUT2D eigenvalue weighted by molar-refractivity contribution is 6.30. The van der Waals surface area contributed by atoms with Crippen LogP contribution in [0.5, 0.6) is 0 Å². The number of carbonyl (C=O) groups excluding carboxylic acids is 2. The predicted octanol–water partition coefficient (Wildman–Crippen LogP) is 4.46. The minimum absolute atomic E-state index is 0.0576. The smallest absolute Gasteiger partial charge is 0.246 e. The number of piperidine rings is 1. The molecule has 0 bridgehead atoms. The molecule has 4 aliphatic rings. The van der Waals surface area contributed by atoms with E-state index in [9.17, 15) is 9.59 Å². The molecule has 1 unspecified atom stereocenters. The Morgan fingerprint density at radius 1 is 0.879 bits per heavy atom. The molecule has 0 radical (unpaired) electrons. The van der Waals surface area contributed by atoms with E-state index in [1.807, 2.05) is 35.2 Å². The second-order valence-corrected chi connectivity index (χ2v) is 10.9. The molecule has 178 valence electrons. The van der Waals surface area contributed by atoms with Gasteiger partial charge in [0.15, 0.2) is 0 Å². The lowest BCUT2D eigenvalue weighted by atomic mass is 9.90. The van der Waals surface area contributed by atoms with Crippen LogP contribution < -0.4 is 0 Å². The Bertz CT molecular complexity index is 877. The molecule has 4 fully saturated rings. The van der Waals surface area contributed by atoms with Gasteiger partial charge in [-0.1, -0.05) is 43.0 Å². The maximum absolute atomic E-state index is 13.2. The summed E-state index contributed by atoms with van der Waals surface area (Å²) in [5.41, 5.74) is 1.12. The third-order valence-corrected chi connectivity index (χ3v) is 8.82. The summed E-state index contributed by atoms with van der Waals surface area (Å²) in [6.45, 7) is 5.37. The molecule has 1 aromatic carbocycles. The van der Waals surface area contributed by atoms with Gasteiger partial charge in [0, 0.05) is 62.3 Å². The molecule has 33 heavy (non-hydrogen) atoms. The molecule has 2 aliphatic heterocycles. The number of piperazine rings is 1. The van der Waals surface area contributed by atoms with E-state index in [-0.39, 0.29) is 17.2 Å². The van der Waals surface area contributed by atoms with Gasteiger partial charge in [0.05, 0.1) is 0 Å². The molecule has 2 heterocycles. The van der Waals surface area contributed by atoms with E-state index in [0.29, 0.717) is 10.9 Å². The van der Waals surface area contributed by atoms with Gasteiger partial charge < -0.3 is 9.80 Å². The first kappa shape index (κ1) is 22.9. The van der Waals surface area contributed by atoms with Crippen molar-refractivity contribution in [2.24, 2.45) is 11.3 Å². The van der Waals surface area contributed by atoms with Crippen LogP contribution in [0.4, 0.5) is 0 Å². The van der Waals surface area contributed by atoms with Crippen molar-refractivity contribution in [2.45, 2.75) is 57.4 Å². The number of amides is 2. The fraction of sp³-hybridized carbons (Fsp3) is 0.630. The van der Waals surface area contributed by atoms with Gasteiger partial charge in [0.25, 0.3) is 0 Å². The Hall–Kier alpha value is -1.85. The first-order valence-corrected chi connectivity index (χ1v) is 13.2. The number of rotatable bonds is 4. The van der Waals surface area contributed by atoms with Gasteiger partial charge in [0.1, 0.15) is 0 Å². The van der Waals surface area contributed by atoms with E-state index in [4.69, 9.17) is 11.6 Å². The molecule has 1 aromatic rings. The maximum Gasteiger partial charge on any atom is 0.246 e. The predicted molar refractivity (Wildman–Crippen MR) is 132 cm³/mol. The Morgan fingerprint density at radius 2 is 1.55 bits per heavy atom. The molecular weight excluding hydrogens is 434 g/mol. The Kier molecular flexibility index (Phi) is 6.80. The van der Waals surface area contributed by atoms with Gasteiger partial charge in [-0.3, -0.25) is 14.5 Å². The molecule has 0 aromatic heterocycles. The van der Waals surface area contributed by atoms with Crippen LogP contribution in [0.15, 0.2) is 30.3 Å². The molecule has 6 heteroatoms. The zero-order valence-corrected chi connectivity index (χ0v) is 20.3. The Balaban J connectivity index is 1.07. The standard InChI is InChI=1S/C27H36ClN3O2/c28-22-9-6-21(7-10-22)8-11-25(32)30-14-12-27(13-15-30)20-24(27)26(33)31-18-16-29(17-19-31)23-4-2-1-3-5-23/h6-11,23-24H,1-5,12-20H2. The normalized spacial score (nSPS) is 26.2. The number of likely N-dealkylation sites (tertiary alicyclic amines) is 1. The monoisotopic (exact) mass is 469 g/mol. The zero-order chi connectivity index (χ0) is 22.8. The van der Waals surface area contributed by atoms with E-state index >= 15 is 0 Å². The minimum Gasteiger partial charge on any atom is -0.340 e. The number of halogens is 1. The van der Waals surface area contributed by atoms with Crippen molar-refractivity contribution in [2.75, 3.05) is 39.3 Å². The summed E-state index contributed by atoms with van der Waals surface area (Å²) in [5, 5.41) is 0.694. The highest BCUT2D eigenvalue weighted by Gasteiger charge is 2.59. The molecule has 2 saturated carbocycles. The van der Waals surface area contributed by atoms with Crippen molar-refractivity contribution in [3.8, 4) is 0 Å². The topological polar surface area (TPSA) is 43.9 Å². The van der Waals surface area contributed by atoms with E-state index in [1.165, 1.54) is 32.1 Å². The third kappa shape index (κ3) is 5.14. The molecule has 0 N–H and O–H groups in total. The van der Waals surface area contributed by atoms with Gasteiger partial charge in [-0.2, -0.15) is 0 Å². The summed E-state index contributed by atoms with van der Waals surface area (Å²) in [5.74, 6) is 0.614. The van der Waals surface area contributed by atoms with Crippen LogP contribution in [0.2, 0.25) is 5.02 Å². The average Bonchev–Trinajstić information content (AvgIpc) is 3.57. The fourth-order valence-electron chi connectivity index (χ4n) is 6.24. The van der Waals surface area contributed by atoms with Gasteiger partial charge >= 0.3 is 0 Å². The SMILES string of the molecule is O=C(C=Cc1ccc(Cl)cc1)N1CCC2(CC1)CC2C(=O)N1CCN(C2CCCCC2)CC1. The summed E-state index contributed by atoms with van der Waals surface area (Å²) in [4.78, 5) is 32.5. The van der Waals surface area contributed by atoms with Gasteiger partial charge in [0.2, 0.25) is 11.8 Å². The van der Waals surface area contributed by atoms with Crippen molar-refractivity contribution in [1.29, 1.82) is 0 Å². The largest absolute Gasteiger partial charge is 0.340 e. The minimum atomic E-state index is 0.0576. The quantitative estimate of drug-likeness (QED) is 0.611. The number of nitrogens with zero attached hydrogens (tertiary/aromatic N) is 3. The molecule has 2 saturated heterocycles. The first-order valence-electron chi connectivity index (χ1n) is 12.8. The van der Waals surface area contributed by atoms with Gasteiger partial charge in [-0.25, -0.2) is 0 Å². The van der Waals surface area contributed by atoms with Crippen LogP contribution >= 0.6 is 11.6 Å². The van der Waals surface area contributed by atoms with Gasteiger partial charge in [-0.05, 0) is 61.3 Å². The molecule has 5 rings (SSSR count). The summed E-state index contributed by atoms with van der Waals surface area (Å²) < 4.78 is 0. The van der Waals surface area contributed by atoms with E-state index < -0.39 is 0 Å². The van der Waals surface area contributed by atoms with Crippen molar-refractivity contribution < 1.29 is 9.59 Å². The average molecular weight is 470 g/mol. The van der Waals surface area contributed by atoms with Gasteiger partial charge in [-0.15, -0.1) is 0 Å². The molecule has 1 atom stereocenters. The number of hydrogen-bond acceptors (Lipinski definition) is 3. The van der Waals surface area contributed by atoms with Crippen LogP contribution in [0.25, 0.3) is 6.08 Å². The molecular formula is C27H36ClN3O2. The molecule has 2 amide bonds. The summed E-state index contributed by atoms with van der Waals surface area (Å²) in [7, 11) is 0.